The van der Waals surface area contributed by atoms with Crippen LogP contribution in [-0.4, -0.2) is 52.1 Å². The highest BCUT2D eigenvalue weighted by Crippen LogP contribution is 2.33. The van der Waals surface area contributed by atoms with Crippen molar-refractivity contribution in [3.8, 4) is 11.1 Å². The van der Waals surface area contributed by atoms with E-state index in [9.17, 15) is 4.79 Å². The molecule has 2 heterocycles. The van der Waals surface area contributed by atoms with Gasteiger partial charge in [0.1, 0.15) is 0 Å². The molecule has 1 aliphatic heterocycles. The summed E-state index contributed by atoms with van der Waals surface area (Å²) in [7, 11) is 0. The Kier molecular flexibility index (Phi) is 7.07. The first kappa shape index (κ1) is 23.2. The van der Waals surface area contributed by atoms with E-state index >= 15 is 0 Å². The first-order valence-corrected chi connectivity index (χ1v) is 12.5. The fourth-order valence-electron chi connectivity index (χ4n) is 4.82. The number of imidazole rings is 1. The number of aromatic nitrogens is 2. The Morgan fingerprint density at radius 1 is 0.794 bits per heavy atom. The lowest BCUT2D eigenvalue weighted by Gasteiger charge is -2.35. The monoisotopic (exact) mass is 494 g/mol. The second kappa shape index (κ2) is 10.4. The van der Waals surface area contributed by atoms with Crippen molar-refractivity contribution in [1.82, 2.24) is 19.4 Å². The average Bonchev–Trinajstić information content (AvgIpc) is 3.16. The number of hydrogen-bond donors (Lipinski definition) is 1. The lowest BCUT2D eigenvalue weighted by molar-refractivity contribution is 0.125. The number of piperazine rings is 1. The number of para-hydroxylation sites is 2. The molecule has 1 aliphatic rings. The van der Waals surface area contributed by atoms with Crippen LogP contribution < -0.4 is 5.69 Å². The SMILES string of the molecule is O=c1[nH]c2ccccc2n1CCCN1CCN(Cc2ccccc2-c2ccc(Cl)cc2Cl)CC1. The van der Waals surface area contributed by atoms with Gasteiger partial charge in [0.25, 0.3) is 0 Å². The fraction of sp³-hybridized carbons (Fsp3) is 0.296. The van der Waals surface area contributed by atoms with E-state index in [2.05, 4.69) is 39.0 Å². The van der Waals surface area contributed by atoms with Gasteiger partial charge < -0.3 is 9.88 Å². The van der Waals surface area contributed by atoms with E-state index in [-0.39, 0.29) is 5.69 Å². The van der Waals surface area contributed by atoms with Crippen LogP contribution in [0.4, 0.5) is 0 Å². The van der Waals surface area contributed by atoms with Crippen LogP contribution in [0.5, 0.6) is 0 Å². The molecule has 0 radical (unpaired) electrons. The van der Waals surface area contributed by atoms with E-state index < -0.39 is 0 Å². The third kappa shape index (κ3) is 5.08. The number of nitrogens with one attached hydrogen (secondary N) is 1. The van der Waals surface area contributed by atoms with Crippen LogP contribution in [0, 0.1) is 0 Å². The Morgan fingerprint density at radius 2 is 1.53 bits per heavy atom. The zero-order valence-corrected chi connectivity index (χ0v) is 20.5. The molecule has 4 aromatic rings. The average molecular weight is 495 g/mol. The molecular formula is C27H28Cl2N4O. The molecule has 0 saturated carbocycles. The predicted molar refractivity (Wildman–Crippen MR) is 141 cm³/mol. The molecular weight excluding hydrogens is 467 g/mol. The highest BCUT2D eigenvalue weighted by atomic mass is 35.5. The molecule has 5 nitrogen and oxygen atoms in total. The quantitative estimate of drug-likeness (QED) is 0.368. The number of H-pyrrole nitrogens is 1. The van der Waals surface area contributed by atoms with Gasteiger partial charge in [-0.1, -0.05) is 65.7 Å². The highest BCUT2D eigenvalue weighted by molar-refractivity contribution is 6.36. The molecule has 1 fully saturated rings. The molecule has 0 spiro atoms. The van der Waals surface area contributed by atoms with Gasteiger partial charge in [0.05, 0.1) is 11.0 Å². The van der Waals surface area contributed by atoms with Crippen molar-refractivity contribution in [3.05, 3.63) is 92.8 Å². The summed E-state index contributed by atoms with van der Waals surface area (Å²) >= 11 is 12.6. The first-order chi connectivity index (χ1) is 16.6. The van der Waals surface area contributed by atoms with Gasteiger partial charge in [-0.05, 0) is 48.4 Å². The number of benzene rings is 3. The van der Waals surface area contributed by atoms with E-state index in [0.29, 0.717) is 10.0 Å². The van der Waals surface area contributed by atoms with Crippen LogP contribution in [0.1, 0.15) is 12.0 Å². The molecule has 0 bridgehead atoms. The van der Waals surface area contributed by atoms with Gasteiger partial charge in [0.2, 0.25) is 0 Å². The van der Waals surface area contributed by atoms with Crippen LogP contribution in [0.25, 0.3) is 22.2 Å². The summed E-state index contributed by atoms with van der Waals surface area (Å²) in [6, 6.07) is 22.0. The number of halogens is 2. The number of nitrogens with zero attached hydrogens (tertiary/aromatic N) is 3. The number of fused-ring (bicyclic) bond motifs is 1. The van der Waals surface area contributed by atoms with Crippen LogP contribution >= 0.6 is 23.2 Å². The molecule has 1 saturated heterocycles. The van der Waals surface area contributed by atoms with Crippen molar-refractivity contribution < 1.29 is 0 Å². The Hall–Kier alpha value is -2.57. The summed E-state index contributed by atoms with van der Waals surface area (Å²) in [4.78, 5) is 20.2. The summed E-state index contributed by atoms with van der Waals surface area (Å²) in [5, 5.41) is 1.33. The lowest BCUT2D eigenvalue weighted by atomic mass is 9.99. The van der Waals surface area contributed by atoms with Gasteiger partial charge in [-0.15, -0.1) is 0 Å². The van der Waals surface area contributed by atoms with Crippen LogP contribution in [0.2, 0.25) is 10.0 Å². The zero-order chi connectivity index (χ0) is 23.5. The van der Waals surface area contributed by atoms with Crippen LogP contribution in [-0.2, 0) is 13.1 Å². The van der Waals surface area contributed by atoms with E-state index in [4.69, 9.17) is 23.2 Å². The first-order valence-electron chi connectivity index (χ1n) is 11.7. The molecule has 1 N–H and O–H groups in total. The largest absolute Gasteiger partial charge is 0.326 e. The maximum absolute atomic E-state index is 12.3. The third-order valence-corrected chi connectivity index (χ3v) is 7.18. The van der Waals surface area contributed by atoms with Crippen molar-refractivity contribution in [1.29, 1.82) is 0 Å². The normalized spacial score (nSPS) is 15.2. The summed E-state index contributed by atoms with van der Waals surface area (Å²) in [5.41, 5.74) is 5.33. The van der Waals surface area contributed by atoms with E-state index in [0.717, 1.165) is 74.4 Å². The topological polar surface area (TPSA) is 44.3 Å². The minimum Gasteiger partial charge on any atom is -0.306 e. The van der Waals surface area contributed by atoms with Crippen molar-refractivity contribution in [2.45, 2.75) is 19.5 Å². The van der Waals surface area contributed by atoms with Gasteiger partial charge in [-0.3, -0.25) is 9.47 Å². The smallest absolute Gasteiger partial charge is 0.306 e. The van der Waals surface area contributed by atoms with Crippen molar-refractivity contribution >= 4 is 34.2 Å². The molecule has 0 amide bonds. The van der Waals surface area contributed by atoms with Crippen LogP contribution in [0.3, 0.4) is 0 Å². The van der Waals surface area contributed by atoms with Gasteiger partial charge >= 0.3 is 5.69 Å². The molecule has 7 heteroatoms. The highest BCUT2D eigenvalue weighted by Gasteiger charge is 2.19. The Bertz CT molecular complexity index is 1340. The second-order valence-corrected chi connectivity index (χ2v) is 9.70. The maximum atomic E-state index is 12.3. The lowest BCUT2D eigenvalue weighted by Crippen LogP contribution is -2.46. The Balaban J connectivity index is 1.16. The van der Waals surface area contributed by atoms with Gasteiger partial charge in [-0.2, -0.15) is 0 Å². The van der Waals surface area contributed by atoms with Gasteiger partial charge in [0.15, 0.2) is 0 Å². The number of rotatable bonds is 7. The summed E-state index contributed by atoms with van der Waals surface area (Å²) < 4.78 is 1.85. The molecule has 1 aromatic heterocycles. The van der Waals surface area contributed by atoms with Gasteiger partial charge in [-0.25, -0.2) is 4.79 Å². The van der Waals surface area contributed by atoms with Crippen molar-refractivity contribution in [2.75, 3.05) is 32.7 Å². The summed E-state index contributed by atoms with van der Waals surface area (Å²) in [6.45, 7) is 6.74. The summed E-state index contributed by atoms with van der Waals surface area (Å²) in [5.74, 6) is 0. The molecule has 0 aliphatic carbocycles. The Morgan fingerprint density at radius 3 is 2.35 bits per heavy atom. The molecule has 0 atom stereocenters. The number of aryl methyl sites for hydroxylation is 1. The second-order valence-electron chi connectivity index (χ2n) is 8.85. The van der Waals surface area contributed by atoms with E-state index in [1.54, 1.807) is 6.07 Å². The molecule has 3 aromatic carbocycles. The molecule has 176 valence electrons. The molecule has 34 heavy (non-hydrogen) atoms. The van der Waals surface area contributed by atoms with Crippen LogP contribution in [0.15, 0.2) is 71.5 Å². The summed E-state index contributed by atoms with van der Waals surface area (Å²) in [6.07, 6.45) is 0.958. The Labute approximate surface area is 209 Å². The number of hydrogen-bond acceptors (Lipinski definition) is 3. The fourth-order valence-corrected chi connectivity index (χ4v) is 5.33. The zero-order valence-electron chi connectivity index (χ0n) is 19.0. The third-order valence-electron chi connectivity index (χ3n) is 6.64. The van der Waals surface area contributed by atoms with Gasteiger partial charge in [0, 0.05) is 54.9 Å². The number of aromatic amines is 1. The minimum atomic E-state index is -0.0227. The van der Waals surface area contributed by atoms with Crippen molar-refractivity contribution in [2.24, 2.45) is 0 Å². The van der Waals surface area contributed by atoms with Crippen molar-refractivity contribution in [3.63, 3.8) is 0 Å². The van der Waals surface area contributed by atoms with E-state index in [1.165, 1.54) is 5.56 Å². The minimum absolute atomic E-state index is 0.0227. The molecule has 5 rings (SSSR count). The van der Waals surface area contributed by atoms with E-state index in [1.807, 2.05) is 41.0 Å². The predicted octanol–water partition coefficient (Wildman–Crippen LogP) is 5.51. The standard InChI is InChI=1S/C27H28Cl2N4O/c28-21-10-11-23(24(29)18-21)22-7-2-1-6-20(22)19-32-16-14-31(15-17-32)12-5-13-33-26-9-4-3-8-25(26)30-27(33)34/h1-4,6-11,18H,5,12-17,19H2,(H,30,34). The maximum Gasteiger partial charge on any atom is 0.326 e. The molecule has 0 unspecified atom stereocenters.